The molecule has 25 aromatic rings. The Bertz CT molecular complexity index is 9450. The van der Waals surface area contributed by atoms with E-state index in [1.165, 1.54) is 309 Å². The van der Waals surface area contributed by atoms with Gasteiger partial charge in [-0.2, -0.15) is 0 Å². The monoisotopic (exact) mass is 1860 g/mol. The van der Waals surface area contributed by atoms with Gasteiger partial charge in [-0.05, 0) is 363 Å². The molecule has 5 aliphatic carbocycles. The van der Waals surface area contributed by atoms with Crippen molar-refractivity contribution in [1.82, 2.24) is 0 Å². The van der Waals surface area contributed by atoms with Crippen molar-refractivity contribution in [3.05, 3.63) is 507 Å². The quantitative estimate of drug-likeness (QED) is 0.121. The Labute approximate surface area is 853 Å². The minimum atomic E-state index is -0.104. The lowest BCUT2D eigenvalue weighted by Crippen LogP contribution is -2.15. The molecule has 0 spiro atoms. The fourth-order valence-corrected chi connectivity index (χ4v) is 26.6. The molecule has 0 saturated carbocycles. The number of hydrogen-bond acceptors (Lipinski definition) is 0. The third-order valence-electron chi connectivity index (χ3n) is 33.1. The van der Waals surface area contributed by atoms with Gasteiger partial charge in [0, 0.05) is 10.8 Å². The van der Waals surface area contributed by atoms with E-state index in [1.807, 2.05) is 0 Å². The summed E-state index contributed by atoms with van der Waals surface area (Å²) in [5.74, 6) is 0.878. The highest BCUT2D eigenvalue weighted by Gasteiger charge is 2.41. The van der Waals surface area contributed by atoms with Crippen molar-refractivity contribution in [2.45, 2.75) is 78.1 Å². The van der Waals surface area contributed by atoms with E-state index in [2.05, 4.69) is 529 Å². The van der Waals surface area contributed by atoms with Crippen molar-refractivity contribution < 1.29 is 0 Å². The molecule has 25 aromatic carbocycles. The molecule has 0 radical (unpaired) electrons. The fourth-order valence-electron chi connectivity index (χ4n) is 26.6. The van der Waals surface area contributed by atoms with Crippen LogP contribution in [0.2, 0.25) is 0 Å². The summed E-state index contributed by atoms with van der Waals surface area (Å²) >= 11 is 0. The minimum absolute atomic E-state index is 0.104. The van der Waals surface area contributed by atoms with Gasteiger partial charge in [-0.1, -0.05) is 486 Å². The van der Waals surface area contributed by atoms with Crippen LogP contribution in [0.4, 0.5) is 0 Å². The highest BCUT2D eigenvalue weighted by molar-refractivity contribution is 6.32. The molecule has 0 N–H and O–H groups in total. The second-order valence-corrected chi connectivity index (χ2v) is 42.4. The van der Waals surface area contributed by atoms with Crippen molar-refractivity contribution >= 4 is 86.2 Å². The van der Waals surface area contributed by atoms with Crippen LogP contribution in [0.5, 0.6) is 0 Å². The summed E-state index contributed by atoms with van der Waals surface area (Å²) in [7, 11) is 0. The number of benzene rings is 25. The number of rotatable bonds is 11. The van der Waals surface area contributed by atoms with E-state index in [1.54, 1.807) is 0 Å². The first-order chi connectivity index (χ1) is 71.7. The van der Waals surface area contributed by atoms with Crippen LogP contribution in [0, 0.1) is 0 Å². The average Bonchev–Trinajstić information content (AvgIpc) is 1.54. The Morgan fingerprint density at radius 1 is 0.137 bits per heavy atom. The second-order valence-electron chi connectivity index (χ2n) is 42.4. The molecule has 0 amide bonds. The van der Waals surface area contributed by atoms with E-state index in [4.69, 9.17) is 0 Å². The molecule has 688 valence electrons. The highest BCUT2D eigenvalue weighted by atomic mass is 14.4. The summed E-state index contributed by atoms with van der Waals surface area (Å²) < 4.78 is 0. The van der Waals surface area contributed by atoms with E-state index < -0.39 is 0 Å². The molecule has 0 fully saturated rings. The Morgan fingerprint density at radius 3 is 0.767 bits per heavy atom. The molecular formula is C146H104. The molecule has 0 bridgehead atoms. The molecule has 0 aromatic heterocycles. The van der Waals surface area contributed by atoms with Crippen LogP contribution in [0.1, 0.15) is 101 Å². The largest absolute Gasteiger partial charge is 0.0622 e. The third-order valence-corrected chi connectivity index (χ3v) is 33.1. The van der Waals surface area contributed by atoms with Crippen LogP contribution < -0.4 is 0 Å². The molecule has 0 nitrogen and oxygen atoms in total. The SMILES string of the molecule is CC(C)c1c2c(c(C(C)C)c3ccccc13)-c1ccc(-c3ccc4ccccc4c3)c3cccc-2c13.CC1(C)c2ccccc2-c2ccc(-c3c4c(c(-c5ccc6c(c5)C(C)(C)c5ccccc5-6)c5ccccc35)-c3ccc(-c5ccc6ccccc6c5)c5cccc-4c35)cc21.c1ccc(-c2cc(-c3ccccc3)cc(-c3ccc4c5c(cccc35)-c3c-4c(-c4ccccc4)c4ccccc4c3-c3ccccc3)c2)cc1. The third kappa shape index (κ3) is 13.2. The molecule has 0 heterocycles. The Hall–Kier alpha value is -17.4. The van der Waals surface area contributed by atoms with Crippen LogP contribution in [0.25, 0.3) is 275 Å². The van der Waals surface area contributed by atoms with E-state index >= 15 is 0 Å². The molecule has 0 saturated heterocycles. The van der Waals surface area contributed by atoms with Gasteiger partial charge in [-0.25, -0.2) is 0 Å². The summed E-state index contributed by atoms with van der Waals surface area (Å²) in [6.45, 7) is 19.0. The van der Waals surface area contributed by atoms with Gasteiger partial charge in [0.1, 0.15) is 0 Å². The summed E-state index contributed by atoms with van der Waals surface area (Å²) in [6, 6.07) is 177. The normalized spacial score (nSPS) is 13.0. The predicted molar refractivity (Wildman–Crippen MR) is 625 cm³/mol. The number of fused-ring (bicyclic) bond motifs is 20. The average molecular weight is 1860 g/mol. The lowest BCUT2D eigenvalue weighted by molar-refractivity contribution is 0.660. The van der Waals surface area contributed by atoms with Crippen LogP contribution >= 0.6 is 0 Å². The molecule has 0 unspecified atom stereocenters. The van der Waals surface area contributed by atoms with Crippen LogP contribution in [0.15, 0.2) is 473 Å². The molecular weight excluding hydrogens is 1750 g/mol. The second kappa shape index (κ2) is 33.6. The molecule has 5 aliphatic rings. The van der Waals surface area contributed by atoms with Crippen LogP contribution in [-0.2, 0) is 10.8 Å². The van der Waals surface area contributed by atoms with Crippen LogP contribution in [-0.4, -0.2) is 0 Å². The standard InChI is InChI=1S/C60H42.C50H32.C36H30/c1-59(2)50-22-11-9-16-41(50)43-28-26-38(33-52(43)59)54-46-18-7-8-19-47(46)55(39-27-29-44-42-17-10-12-23-51(42)60(3,4)53(44)34-39)58-49-31-30-40(45-20-13-21-48(56(45)49)57(54)58)37-25-24-35-14-5-6-15-36(35)32-37;1-5-16-33(17-6-1)37-30-38(34-18-7-2-8-19-34)32-39(31-37)40-28-29-45-48-41(40)26-15-27-44(48)49-46(35-20-9-3-10-21-35)42-24-13-14-25-43(42)47(50(45)49)36-22-11-4-12-23-36;1-21(2)32-28-12-7-8-13-29(28)33(22(3)4)36-31-19-18-26(27-14-9-15-30(34(27)31)35(32)36)25-17-16-23-10-5-6-11-24(23)20-25/h5-34H,1-4H3;1-32H;5-22H,1-4H3. The topological polar surface area (TPSA) is 0 Å². The Morgan fingerprint density at radius 2 is 0.390 bits per heavy atom. The maximum atomic E-state index is 2.52. The summed E-state index contributed by atoms with van der Waals surface area (Å²) in [4.78, 5) is 0. The lowest BCUT2D eigenvalue weighted by atomic mass is 9.78. The van der Waals surface area contributed by atoms with Crippen molar-refractivity contribution in [1.29, 1.82) is 0 Å². The van der Waals surface area contributed by atoms with Gasteiger partial charge in [-0.15, -0.1) is 0 Å². The fraction of sp³-hybridized carbons (Fsp3) is 0.0822. The van der Waals surface area contributed by atoms with Gasteiger partial charge in [0.2, 0.25) is 0 Å². The number of hydrogen-bond donors (Lipinski definition) is 0. The van der Waals surface area contributed by atoms with Gasteiger partial charge in [-0.3, -0.25) is 0 Å². The predicted octanol–water partition coefficient (Wildman–Crippen LogP) is 41.1. The van der Waals surface area contributed by atoms with Gasteiger partial charge in [0.25, 0.3) is 0 Å². The van der Waals surface area contributed by atoms with Crippen molar-refractivity contribution in [2.75, 3.05) is 0 Å². The lowest BCUT2D eigenvalue weighted by Gasteiger charge is -2.25. The van der Waals surface area contributed by atoms with Gasteiger partial charge in [0.15, 0.2) is 0 Å². The van der Waals surface area contributed by atoms with Crippen LogP contribution in [0.3, 0.4) is 0 Å². The zero-order valence-electron chi connectivity index (χ0n) is 83.2. The van der Waals surface area contributed by atoms with E-state index in [9.17, 15) is 0 Å². The maximum Gasteiger partial charge on any atom is 0.0159 e. The smallest absolute Gasteiger partial charge is 0.0159 e. The molecule has 30 rings (SSSR count). The maximum absolute atomic E-state index is 2.52. The van der Waals surface area contributed by atoms with E-state index in [0.717, 1.165) is 0 Å². The van der Waals surface area contributed by atoms with Gasteiger partial charge >= 0.3 is 0 Å². The molecule has 0 aliphatic heterocycles. The minimum Gasteiger partial charge on any atom is -0.0622 e. The molecule has 0 heteroatoms. The molecule has 0 atom stereocenters. The summed E-state index contributed by atoms with van der Waals surface area (Å²) in [6.07, 6.45) is 0. The zero-order valence-corrected chi connectivity index (χ0v) is 83.2. The van der Waals surface area contributed by atoms with Gasteiger partial charge in [0.05, 0.1) is 0 Å². The first kappa shape index (κ1) is 86.5. The highest BCUT2D eigenvalue weighted by Crippen LogP contribution is 2.65. The zero-order chi connectivity index (χ0) is 97.6. The van der Waals surface area contributed by atoms with Crippen molar-refractivity contribution in [2.24, 2.45) is 0 Å². The Balaban J connectivity index is 0.000000109. The summed E-state index contributed by atoms with van der Waals surface area (Å²) in [5.41, 5.74) is 52.9. The van der Waals surface area contributed by atoms with E-state index in [0.29, 0.717) is 11.8 Å². The van der Waals surface area contributed by atoms with Gasteiger partial charge < -0.3 is 0 Å². The first-order valence-electron chi connectivity index (χ1n) is 52.0. The summed E-state index contributed by atoms with van der Waals surface area (Å²) in [5, 5.41) is 21.1. The van der Waals surface area contributed by atoms with Crippen molar-refractivity contribution in [3.8, 4) is 189 Å². The first-order valence-corrected chi connectivity index (χ1v) is 52.0. The Kier molecular flexibility index (Phi) is 19.9. The van der Waals surface area contributed by atoms with Crippen molar-refractivity contribution in [3.63, 3.8) is 0 Å². The molecule has 146 heavy (non-hydrogen) atoms. The van der Waals surface area contributed by atoms with E-state index in [-0.39, 0.29) is 10.8 Å².